The van der Waals surface area contributed by atoms with Gasteiger partial charge in [0, 0.05) is 0 Å². The average molecular weight is 223 g/mol. The van der Waals surface area contributed by atoms with Gasteiger partial charge in [-0.3, -0.25) is 0 Å². The molecular weight excluding hydrogens is 217 g/mol. The largest absolute Gasteiger partial charge is 1.00 e. The molecule has 0 aromatic carbocycles. The summed E-state index contributed by atoms with van der Waals surface area (Å²) < 4.78 is 4.56. The van der Waals surface area contributed by atoms with Gasteiger partial charge in [0.05, 0.1) is 17.1 Å². The van der Waals surface area contributed by atoms with Crippen LogP contribution in [0, 0.1) is 10.1 Å². The van der Waals surface area contributed by atoms with E-state index in [1.165, 1.54) is 0 Å². The van der Waals surface area contributed by atoms with Gasteiger partial charge in [0.15, 0.2) is 0 Å². The van der Waals surface area contributed by atoms with E-state index in [9.17, 15) is 15.2 Å². The molecule has 1 heterocycles. The van der Waals surface area contributed by atoms with Crippen molar-refractivity contribution >= 4 is 0 Å². The van der Waals surface area contributed by atoms with Gasteiger partial charge >= 0.3 is 57.2 Å². The number of hydrogen-bond donors (Lipinski definition) is 0. The predicted molar refractivity (Wildman–Crippen MR) is 38.6 cm³/mol. The monoisotopic (exact) mass is 223 g/mol. The molecule has 1 aliphatic rings. The van der Waals surface area contributed by atoms with Crippen molar-refractivity contribution in [2.24, 2.45) is 10.2 Å². The van der Waals surface area contributed by atoms with Crippen LogP contribution in [-0.2, 0) is 4.74 Å². The normalized spacial score (nSPS) is 17.1. The first-order chi connectivity index (χ1) is 6.15. The molecule has 0 saturated carbocycles. The first kappa shape index (κ1) is 13.7. The summed E-state index contributed by atoms with van der Waals surface area (Å²) in [5.41, 5.74) is -0.145. The van der Waals surface area contributed by atoms with Crippen LogP contribution in [0.2, 0.25) is 0 Å². The van der Waals surface area contributed by atoms with E-state index in [4.69, 9.17) is 0 Å². The fraction of sp³-hybridized carbons (Fsp3) is 0.333. The Kier molecular flexibility index (Phi) is 6.12. The molecule has 0 unspecified atom stereocenters. The minimum Gasteiger partial charge on any atom is -0.612 e. The van der Waals surface area contributed by atoms with E-state index in [1.807, 2.05) is 0 Å². The van der Waals surface area contributed by atoms with Gasteiger partial charge in [-0.15, -0.1) is 0 Å². The summed E-state index contributed by atoms with van der Waals surface area (Å²) in [4.78, 5) is 9.42. The molecule has 8 heteroatoms. The molecule has 0 spiro atoms. The number of azo groups is 1. The van der Waals surface area contributed by atoms with Gasteiger partial charge in [0.2, 0.25) is 0 Å². The molecule has 0 atom stereocenters. The first-order valence-corrected chi connectivity index (χ1v) is 3.47. The molecule has 0 aromatic rings. The van der Waals surface area contributed by atoms with Crippen molar-refractivity contribution in [1.82, 2.24) is 0 Å². The Morgan fingerprint density at radius 2 is 2.29 bits per heavy atom. The molecule has 0 fully saturated rings. The fourth-order valence-corrected chi connectivity index (χ4v) is 0.679. The third kappa shape index (κ3) is 3.46. The van der Waals surface area contributed by atoms with Crippen LogP contribution in [0.4, 0.5) is 0 Å². The Bertz CT molecular complexity index is 323. The Hall–Kier alpha value is -0.284. The van der Waals surface area contributed by atoms with Crippen LogP contribution in [0.25, 0.3) is 0 Å². The molecule has 0 aliphatic carbocycles. The summed E-state index contributed by atoms with van der Waals surface area (Å²) in [6, 6.07) is 0. The van der Waals surface area contributed by atoms with Crippen LogP contribution in [0.1, 0.15) is 6.92 Å². The van der Waals surface area contributed by atoms with Crippen LogP contribution in [0.15, 0.2) is 33.8 Å². The Balaban J connectivity index is 0.00000169. The third-order valence-electron chi connectivity index (χ3n) is 1.20. The second-order valence-corrected chi connectivity index (χ2v) is 2.07. The van der Waals surface area contributed by atoms with E-state index >= 15 is 0 Å². The minimum absolute atomic E-state index is 0. The maximum Gasteiger partial charge on any atom is 1.00 e. The van der Waals surface area contributed by atoms with E-state index < -0.39 is 16.7 Å². The molecule has 0 bridgehead atoms. The molecule has 0 aromatic heterocycles. The van der Waals surface area contributed by atoms with Gasteiger partial charge in [-0.05, 0) is 16.6 Å². The maximum atomic E-state index is 10.9. The molecule has 14 heavy (non-hydrogen) atoms. The van der Waals surface area contributed by atoms with Crippen molar-refractivity contribution in [2.45, 2.75) is 6.92 Å². The smallest absolute Gasteiger partial charge is 0.612 e. The number of rotatable bonds is 3. The van der Waals surface area contributed by atoms with Crippen molar-refractivity contribution < 1.29 is 66.2 Å². The summed E-state index contributed by atoms with van der Waals surface area (Å²) in [5.74, 6) is -1.16. The molecule has 70 valence electrons. The van der Waals surface area contributed by atoms with Gasteiger partial charge in [-0.2, -0.15) is 0 Å². The van der Waals surface area contributed by atoms with E-state index in [1.54, 1.807) is 6.92 Å². The standard InChI is InChI=1S/C6H7N3O4.K/c1-2-13-6(10)4-3-5(8-7-4)9(11)12;/h3,10H,2H2,1H3;/q;+1/p-1/b6-4-;. The van der Waals surface area contributed by atoms with Gasteiger partial charge in [0.25, 0.3) is 0 Å². The third-order valence-corrected chi connectivity index (χ3v) is 1.20. The Morgan fingerprint density at radius 1 is 1.64 bits per heavy atom. The van der Waals surface area contributed by atoms with Crippen LogP contribution in [0.3, 0.4) is 0 Å². The van der Waals surface area contributed by atoms with E-state index in [-0.39, 0.29) is 63.7 Å². The maximum absolute atomic E-state index is 10.9. The van der Waals surface area contributed by atoms with Crippen LogP contribution < -0.4 is 56.5 Å². The number of allylic oxidation sites excluding steroid dienone is 1. The quantitative estimate of drug-likeness (QED) is 0.222. The zero-order valence-electron chi connectivity index (χ0n) is 7.76. The minimum atomic E-state index is -0.726. The fourth-order valence-electron chi connectivity index (χ4n) is 0.679. The summed E-state index contributed by atoms with van der Waals surface area (Å²) in [7, 11) is 0. The Labute approximate surface area is 122 Å². The molecule has 0 amide bonds. The molecule has 0 saturated heterocycles. The predicted octanol–water partition coefficient (Wildman–Crippen LogP) is -2.86. The Morgan fingerprint density at radius 3 is 2.71 bits per heavy atom. The second-order valence-electron chi connectivity index (χ2n) is 2.07. The van der Waals surface area contributed by atoms with Crippen molar-refractivity contribution in [1.29, 1.82) is 0 Å². The number of ether oxygens (including phenoxy) is 1. The van der Waals surface area contributed by atoms with Gasteiger partial charge in [-0.1, -0.05) is 6.92 Å². The first-order valence-electron chi connectivity index (χ1n) is 3.47. The molecule has 7 nitrogen and oxygen atoms in total. The molecule has 1 rings (SSSR count). The van der Waals surface area contributed by atoms with Crippen molar-refractivity contribution in [3.63, 3.8) is 0 Å². The number of nitrogens with zero attached hydrogens (tertiary/aromatic N) is 3. The SMILES string of the molecule is CCO/C([O-])=C1/C=C([N+](=O)[O-])N=N1.[K+]. The zero-order chi connectivity index (χ0) is 9.84. The average Bonchev–Trinajstić information content (AvgIpc) is 2.52. The van der Waals surface area contributed by atoms with E-state index in [0.717, 1.165) is 6.08 Å². The van der Waals surface area contributed by atoms with Crippen molar-refractivity contribution in [2.75, 3.05) is 6.61 Å². The van der Waals surface area contributed by atoms with Crippen molar-refractivity contribution in [3.05, 3.63) is 33.7 Å². The number of nitro groups is 1. The number of hydrogen-bond acceptors (Lipinski definition) is 6. The van der Waals surface area contributed by atoms with Gasteiger partial charge in [0.1, 0.15) is 5.70 Å². The summed E-state index contributed by atoms with van der Waals surface area (Å²) in [6.45, 7) is 1.82. The van der Waals surface area contributed by atoms with Crippen molar-refractivity contribution in [3.8, 4) is 0 Å². The van der Waals surface area contributed by atoms with Gasteiger partial charge < -0.3 is 20.0 Å². The summed E-state index contributed by atoms with van der Waals surface area (Å²) in [6.07, 6.45) is 0.970. The molecule has 0 radical (unpaired) electrons. The van der Waals surface area contributed by atoms with E-state index in [0.29, 0.717) is 0 Å². The van der Waals surface area contributed by atoms with Crippen LogP contribution in [0.5, 0.6) is 0 Å². The van der Waals surface area contributed by atoms with Gasteiger partial charge in [-0.25, -0.2) is 0 Å². The summed E-state index contributed by atoms with van der Waals surface area (Å²) in [5, 5.41) is 27.5. The molecule has 0 N–H and O–H groups in total. The topological polar surface area (TPSA) is 100 Å². The molecule has 1 aliphatic heterocycles. The van der Waals surface area contributed by atoms with Crippen LogP contribution in [-0.4, -0.2) is 11.5 Å². The van der Waals surface area contributed by atoms with Crippen LogP contribution >= 0.6 is 0 Å². The zero-order valence-corrected chi connectivity index (χ0v) is 10.9. The second kappa shape index (κ2) is 6.25. The molecular formula is C6H6KN3O4. The van der Waals surface area contributed by atoms with E-state index in [2.05, 4.69) is 15.0 Å². The summed E-state index contributed by atoms with van der Waals surface area (Å²) >= 11 is 0.